The predicted octanol–water partition coefficient (Wildman–Crippen LogP) is 1.20. The molecule has 0 radical (unpaired) electrons. The highest BCUT2D eigenvalue weighted by molar-refractivity contribution is 8.01. The van der Waals surface area contributed by atoms with E-state index in [1.54, 1.807) is 4.68 Å². The van der Waals surface area contributed by atoms with E-state index in [1.165, 1.54) is 35.3 Å². The van der Waals surface area contributed by atoms with Gasteiger partial charge in [0.15, 0.2) is 0 Å². The molecule has 0 bridgehead atoms. The Morgan fingerprint density at radius 1 is 1.24 bits per heavy atom. The lowest BCUT2D eigenvalue weighted by Gasteiger charge is -2.48. The summed E-state index contributed by atoms with van der Waals surface area (Å²) in [6, 6.07) is -0.681. The minimum atomic E-state index is -1.19. The highest BCUT2D eigenvalue weighted by Gasteiger charge is 2.52. The molecule has 2 N–H and O–H groups in total. The number of aromatic nitrogens is 4. The normalized spacial score (nSPS) is 22.9. The van der Waals surface area contributed by atoms with Gasteiger partial charge in [-0.05, 0) is 55.8 Å². The smallest absolute Gasteiger partial charge is 0.431 e. The summed E-state index contributed by atoms with van der Waals surface area (Å²) in [5, 5.41) is 12.1. The molecule has 4 rings (SSSR count). The molecule has 15 heteroatoms. The maximum atomic E-state index is 13.2. The molecule has 1 aromatic rings. The van der Waals surface area contributed by atoms with E-state index in [-0.39, 0.29) is 23.1 Å². The van der Waals surface area contributed by atoms with Gasteiger partial charge in [0.1, 0.15) is 23.2 Å². The number of likely N-dealkylation sites (N-methyl/N-ethyl adjacent to an activating group) is 1. The van der Waals surface area contributed by atoms with Crippen molar-refractivity contribution in [1.82, 2.24) is 30.0 Å². The van der Waals surface area contributed by atoms with Gasteiger partial charge < -0.3 is 24.8 Å². The molecule has 37 heavy (non-hydrogen) atoms. The average Bonchev–Trinajstić information content (AvgIpc) is 3.32. The van der Waals surface area contributed by atoms with Gasteiger partial charge in [-0.15, -0.1) is 16.9 Å². The van der Waals surface area contributed by atoms with E-state index in [4.69, 9.17) is 19.9 Å². The van der Waals surface area contributed by atoms with Gasteiger partial charge in [-0.1, -0.05) is 18.2 Å². The van der Waals surface area contributed by atoms with Gasteiger partial charge in [-0.25, -0.2) is 14.3 Å². The van der Waals surface area contributed by atoms with Crippen LogP contribution in [-0.4, -0.2) is 104 Å². The van der Waals surface area contributed by atoms with Crippen molar-refractivity contribution in [3.8, 4) is 0 Å². The second kappa shape index (κ2) is 12.5. The molecule has 1 aromatic heterocycles. The van der Waals surface area contributed by atoms with Gasteiger partial charge >= 0.3 is 12.1 Å². The average molecular weight is 556 g/mol. The van der Waals surface area contributed by atoms with E-state index in [0.717, 1.165) is 38.6 Å². The Balaban J connectivity index is 1.42. The quantitative estimate of drug-likeness (QED) is 0.190. The fourth-order valence-corrected chi connectivity index (χ4v) is 6.61. The van der Waals surface area contributed by atoms with Crippen LogP contribution in [0.1, 0.15) is 39.0 Å². The number of thioether (sulfide) groups is 2. The number of tetrazole rings is 1. The van der Waals surface area contributed by atoms with E-state index in [2.05, 4.69) is 15.5 Å². The topological polar surface area (TPSA) is 155 Å². The lowest BCUT2D eigenvalue weighted by Crippen LogP contribution is -2.68. The number of β-lactam (4-membered cyclic amide) rings is 1. The number of hydrogen-bond acceptors (Lipinski definition) is 13. The van der Waals surface area contributed by atoms with E-state index >= 15 is 0 Å². The van der Waals surface area contributed by atoms with E-state index < -0.39 is 24.5 Å². The molecule has 2 aliphatic heterocycles. The Labute approximate surface area is 223 Å². The maximum absolute atomic E-state index is 13.2. The number of hydrogen-bond donors (Lipinski definition) is 1. The third-order valence-electron chi connectivity index (χ3n) is 6.27. The van der Waals surface area contributed by atoms with Gasteiger partial charge in [-0.2, -0.15) is 0 Å². The summed E-state index contributed by atoms with van der Waals surface area (Å²) in [6.45, 7) is 2.81. The molecule has 1 saturated carbocycles. The van der Waals surface area contributed by atoms with Crippen molar-refractivity contribution in [2.24, 2.45) is 5.73 Å². The number of rotatable bonds is 10. The summed E-state index contributed by atoms with van der Waals surface area (Å²) in [7, 11) is 3.93. The van der Waals surface area contributed by atoms with Crippen molar-refractivity contribution in [3.05, 3.63) is 11.3 Å². The van der Waals surface area contributed by atoms with Crippen molar-refractivity contribution in [2.45, 2.75) is 74.5 Å². The first kappa shape index (κ1) is 27.7. The summed E-state index contributed by atoms with van der Waals surface area (Å²) in [5.74, 6) is -0.263. The van der Waals surface area contributed by atoms with Crippen LogP contribution in [0.3, 0.4) is 0 Å². The molecule has 204 valence electrons. The molecular formula is C22H33N7O6S2. The number of nitrogens with two attached hydrogens (primary N) is 1. The lowest BCUT2D eigenvalue weighted by atomic mass is 9.98. The fourth-order valence-electron chi connectivity index (χ4n) is 4.28. The molecule has 3 heterocycles. The fraction of sp³-hybridized carbons (Fsp3) is 0.727. The third kappa shape index (κ3) is 6.75. The number of carbonyl (C=O) groups is 3. The Kier molecular flexibility index (Phi) is 9.31. The van der Waals surface area contributed by atoms with Gasteiger partial charge in [0.25, 0.3) is 0 Å². The third-order valence-corrected chi connectivity index (χ3v) is 8.67. The minimum Gasteiger partial charge on any atom is -0.431 e. The molecular weight excluding hydrogens is 522 g/mol. The molecule has 1 aliphatic carbocycles. The van der Waals surface area contributed by atoms with Crippen molar-refractivity contribution in [3.63, 3.8) is 0 Å². The summed E-state index contributed by atoms with van der Waals surface area (Å²) in [5.41, 5.74) is 6.78. The summed E-state index contributed by atoms with van der Waals surface area (Å²) >= 11 is 2.86. The van der Waals surface area contributed by atoms with E-state index in [0.29, 0.717) is 28.8 Å². The first-order valence-electron chi connectivity index (χ1n) is 12.3. The van der Waals surface area contributed by atoms with Crippen LogP contribution in [0.25, 0.3) is 0 Å². The molecule has 0 aromatic carbocycles. The van der Waals surface area contributed by atoms with Crippen LogP contribution in [0.4, 0.5) is 4.79 Å². The van der Waals surface area contributed by atoms with Gasteiger partial charge in [0, 0.05) is 25.0 Å². The number of ether oxygens (including phenoxy) is 3. The van der Waals surface area contributed by atoms with Gasteiger partial charge in [-0.3, -0.25) is 9.69 Å². The van der Waals surface area contributed by atoms with Crippen LogP contribution in [0.5, 0.6) is 0 Å². The van der Waals surface area contributed by atoms with Gasteiger partial charge in [0.05, 0.1) is 6.54 Å². The van der Waals surface area contributed by atoms with Crippen LogP contribution in [0.15, 0.2) is 16.4 Å². The van der Waals surface area contributed by atoms with Gasteiger partial charge in [0.2, 0.25) is 17.4 Å². The SMILES string of the molecule is CC(OC(=O)OC1CCCCC1)OC(=O)C1=C(CSc2nnnn2CCN(C)C)CS[C@@H]2[C@H](N)C(=O)N12. The van der Waals surface area contributed by atoms with Crippen LogP contribution in [-0.2, 0) is 30.3 Å². The number of fused-ring (bicyclic) bond motifs is 1. The minimum absolute atomic E-state index is 0.131. The number of nitrogens with zero attached hydrogens (tertiary/aromatic N) is 6. The van der Waals surface area contributed by atoms with Crippen LogP contribution in [0.2, 0.25) is 0 Å². The number of esters is 1. The Morgan fingerprint density at radius 2 is 2.00 bits per heavy atom. The first-order valence-corrected chi connectivity index (χ1v) is 14.3. The summed E-state index contributed by atoms with van der Waals surface area (Å²) < 4.78 is 17.6. The Morgan fingerprint density at radius 3 is 2.73 bits per heavy atom. The molecule has 1 saturated heterocycles. The zero-order chi connectivity index (χ0) is 26.5. The number of amides is 1. The summed E-state index contributed by atoms with van der Waals surface area (Å²) in [6.07, 6.45) is 2.48. The van der Waals surface area contributed by atoms with E-state index in [9.17, 15) is 14.4 Å². The molecule has 0 spiro atoms. The second-order valence-electron chi connectivity index (χ2n) is 9.38. The molecule has 3 aliphatic rings. The maximum Gasteiger partial charge on any atom is 0.511 e. The molecule has 1 amide bonds. The van der Waals surface area contributed by atoms with Crippen molar-refractivity contribution < 1.29 is 28.6 Å². The van der Waals surface area contributed by atoms with Crippen LogP contribution < -0.4 is 5.73 Å². The van der Waals surface area contributed by atoms with Crippen LogP contribution >= 0.6 is 23.5 Å². The second-order valence-corrected chi connectivity index (χ2v) is 11.4. The largest absolute Gasteiger partial charge is 0.511 e. The lowest BCUT2D eigenvalue weighted by molar-refractivity contribution is -0.169. The predicted molar refractivity (Wildman–Crippen MR) is 135 cm³/mol. The highest BCUT2D eigenvalue weighted by Crippen LogP contribution is 2.41. The Bertz CT molecular complexity index is 1030. The van der Waals surface area contributed by atoms with Crippen molar-refractivity contribution in [1.29, 1.82) is 0 Å². The first-order chi connectivity index (χ1) is 17.7. The number of carbonyl (C=O) groups excluding carboxylic acids is 3. The van der Waals surface area contributed by atoms with E-state index in [1.807, 2.05) is 19.0 Å². The molecule has 3 atom stereocenters. The Hall–Kier alpha value is -2.36. The molecule has 1 unspecified atom stereocenters. The van der Waals surface area contributed by atoms with Crippen molar-refractivity contribution in [2.75, 3.05) is 32.1 Å². The zero-order valence-corrected chi connectivity index (χ0v) is 22.8. The zero-order valence-electron chi connectivity index (χ0n) is 21.2. The van der Waals surface area contributed by atoms with Crippen LogP contribution in [0, 0.1) is 0 Å². The van der Waals surface area contributed by atoms with Crippen molar-refractivity contribution >= 4 is 41.6 Å². The summed E-state index contributed by atoms with van der Waals surface area (Å²) in [4.78, 5) is 41.4. The molecule has 2 fully saturated rings. The highest BCUT2D eigenvalue weighted by atomic mass is 32.2. The molecule has 13 nitrogen and oxygen atoms in total. The standard InChI is InChI=1S/C22H33N7O6S2/c1-13(34-22(32)35-15-7-5-4-6-8-15)33-20(31)17-14(11-36-19-16(23)18(30)29(17)19)12-37-21-24-25-26-28(21)10-9-27(2)3/h13,15-16,19H,4-12,23H2,1-3H3/t13?,16-,19-/m1/s1. The monoisotopic (exact) mass is 555 g/mol.